The van der Waals surface area contributed by atoms with E-state index in [9.17, 15) is 9.18 Å². The molecule has 2 aliphatic rings. The molecule has 120 valence electrons. The summed E-state index contributed by atoms with van der Waals surface area (Å²) in [4.78, 5) is 11.7. The Balaban J connectivity index is 1.79. The molecule has 1 atom stereocenters. The van der Waals surface area contributed by atoms with Crippen molar-refractivity contribution in [3.63, 3.8) is 0 Å². The van der Waals surface area contributed by atoms with E-state index in [0.29, 0.717) is 6.42 Å². The second-order valence-electron chi connectivity index (χ2n) is 6.99. The number of rotatable bonds is 3. The molecular formula is C19H25FO2. The van der Waals surface area contributed by atoms with Crippen LogP contribution in [0, 0.1) is 17.7 Å². The standard InChI is InChI=1S/C19H25FO2/c1-3-4-13-5-7-14(8-6-13)16-10-9-15-11-12(2)19(21)22-18(15)17(16)20/h9-10,12-14H,3-8,11H2,1-2H3. The topological polar surface area (TPSA) is 26.3 Å². The van der Waals surface area contributed by atoms with Crippen LogP contribution in [0.4, 0.5) is 4.39 Å². The van der Waals surface area contributed by atoms with Gasteiger partial charge in [-0.2, -0.15) is 0 Å². The fourth-order valence-electron chi connectivity index (χ4n) is 3.98. The SMILES string of the molecule is CCCC1CCC(c2ccc3c(c2F)OC(=O)C(C)C3)CC1. The van der Waals surface area contributed by atoms with E-state index in [-0.39, 0.29) is 29.4 Å². The zero-order valence-electron chi connectivity index (χ0n) is 13.5. The van der Waals surface area contributed by atoms with Crippen molar-refractivity contribution in [1.29, 1.82) is 0 Å². The summed E-state index contributed by atoms with van der Waals surface area (Å²) >= 11 is 0. The van der Waals surface area contributed by atoms with Gasteiger partial charge in [0.2, 0.25) is 0 Å². The summed E-state index contributed by atoms with van der Waals surface area (Å²) in [6.07, 6.45) is 7.56. The highest BCUT2D eigenvalue weighted by Crippen LogP contribution is 2.42. The lowest BCUT2D eigenvalue weighted by Crippen LogP contribution is -2.26. The Kier molecular flexibility index (Phi) is 4.51. The third kappa shape index (κ3) is 2.90. The van der Waals surface area contributed by atoms with Gasteiger partial charge in [-0.25, -0.2) is 4.39 Å². The number of hydrogen-bond donors (Lipinski definition) is 0. The van der Waals surface area contributed by atoms with Crippen LogP contribution in [0.3, 0.4) is 0 Å². The quantitative estimate of drug-likeness (QED) is 0.580. The van der Waals surface area contributed by atoms with Crippen LogP contribution in [0.25, 0.3) is 0 Å². The van der Waals surface area contributed by atoms with Crippen LogP contribution in [-0.2, 0) is 11.2 Å². The lowest BCUT2D eigenvalue weighted by Gasteiger charge is -2.30. The van der Waals surface area contributed by atoms with Gasteiger partial charge in [-0.05, 0) is 55.1 Å². The molecule has 3 rings (SSSR count). The highest BCUT2D eigenvalue weighted by Gasteiger charge is 2.31. The van der Waals surface area contributed by atoms with Crippen molar-refractivity contribution in [1.82, 2.24) is 0 Å². The number of ether oxygens (including phenoxy) is 1. The van der Waals surface area contributed by atoms with Crippen molar-refractivity contribution in [3.05, 3.63) is 29.1 Å². The summed E-state index contributed by atoms with van der Waals surface area (Å²) in [5.41, 5.74) is 1.57. The van der Waals surface area contributed by atoms with E-state index < -0.39 is 0 Å². The number of halogens is 1. The summed E-state index contributed by atoms with van der Waals surface area (Å²) in [7, 11) is 0. The minimum Gasteiger partial charge on any atom is -0.423 e. The normalized spacial score (nSPS) is 28.1. The average molecular weight is 304 g/mol. The monoisotopic (exact) mass is 304 g/mol. The van der Waals surface area contributed by atoms with Gasteiger partial charge in [0.25, 0.3) is 0 Å². The largest absolute Gasteiger partial charge is 0.423 e. The van der Waals surface area contributed by atoms with Gasteiger partial charge in [0, 0.05) is 0 Å². The number of carbonyl (C=O) groups excluding carboxylic acids is 1. The fraction of sp³-hybridized carbons (Fsp3) is 0.632. The molecule has 1 saturated carbocycles. The first kappa shape index (κ1) is 15.5. The molecule has 1 fully saturated rings. The number of esters is 1. The fourth-order valence-corrected chi connectivity index (χ4v) is 3.98. The Bertz CT molecular complexity index is 559. The number of fused-ring (bicyclic) bond motifs is 1. The van der Waals surface area contributed by atoms with Gasteiger partial charge in [0.05, 0.1) is 5.92 Å². The van der Waals surface area contributed by atoms with Crippen LogP contribution < -0.4 is 4.74 Å². The minimum absolute atomic E-state index is 0.178. The van der Waals surface area contributed by atoms with E-state index in [1.54, 1.807) is 0 Å². The number of carbonyl (C=O) groups is 1. The molecule has 1 aromatic carbocycles. The summed E-state index contributed by atoms with van der Waals surface area (Å²) in [5, 5.41) is 0. The van der Waals surface area contributed by atoms with Crippen LogP contribution in [-0.4, -0.2) is 5.97 Å². The predicted octanol–water partition coefficient (Wildman–Crippen LogP) is 5.00. The molecular weight excluding hydrogens is 279 g/mol. The van der Waals surface area contributed by atoms with Gasteiger partial charge in [-0.15, -0.1) is 0 Å². The first-order valence-electron chi connectivity index (χ1n) is 8.63. The van der Waals surface area contributed by atoms with Crippen LogP contribution in [0.5, 0.6) is 5.75 Å². The van der Waals surface area contributed by atoms with Crippen LogP contribution in [0.15, 0.2) is 12.1 Å². The average Bonchev–Trinajstić information content (AvgIpc) is 2.51. The molecule has 0 N–H and O–H groups in total. The summed E-state index contributed by atoms with van der Waals surface area (Å²) in [6.45, 7) is 4.05. The van der Waals surface area contributed by atoms with Gasteiger partial charge in [-0.3, -0.25) is 4.79 Å². The molecule has 1 heterocycles. The van der Waals surface area contributed by atoms with E-state index in [2.05, 4.69) is 6.92 Å². The molecule has 3 heteroatoms. The molecule has 1 aliphatic heterocycles. The van der Waals surface area contributed by atoms with Crippen molar-refractivity contribution in [3.8, 4) is 5.75 Å². The lowest BCUT2D eigenvalue weighted by atomic mass is 9.76. The maximum atomic E-state index is 14.8. The highest BCUT2D eigenvalue weighted by molar-refractivity contribution is 5.77. The molecule has 1 aliphatic carbocycles. The first-order chi connectivity index (χ1) is 10.6. The number of benzene rings is 1. The van der Waals surface area contributed by atoms with Gasteiger partial charge in [-0.1, -0.05) is 38.8 Å². The highest BCUT2D eigenvalue weighted by atomic mass is 19.1. The summed E-state index contributed by atoms with van der Waals surface area (Å²) < 4.78 is 20.1. The van der Waals surface area contributed by atoms with E-state index in [4.69, 9.17) is 4.74 Å². The van der Waals surface area contributed by atoms with Gasteiger partial charge in [0.1, 0.15) is 0 Å². The molecule has 0 radical (unpaired) electrons. The van der Waals surface area contributed by atoms with Crippen molar-refractivity contribution in [2.24, 2.45) is 11.8 Å². The molecule has 0 bridgehead atoms. The minimum atomic E-state index is -0.310. The van der Waals surface area contributed by atoms with E-state index in [0.717, 1.165) is 29.9 Å². The Morgan fingerprint density at radius 3 is 2.64 bits per heavy atom. The van der Waals surface area contributed by atoms with E-state index in [1.807, 2.05) is 19.1 Å². The summed E-state index contributed by atoms with van der Waals surface area (Å²) in [6, 6.07) is 3.87. The molecule has 1 unspecified atom stereocenters. The van der Waals surface area contributed by atoms with E-state index in [1.165, 1.54) is 25.7 Å². The van der Waals surface area contributed by atoms with Crippen LogP contribution in [0.1, 0.15) is 69.4 Å². The van der Waals surface area contributed by atoms with Gasteiger partial charge in [0.15, 0.2) is 11.6 Å². The zero-order chi connectivity index (χ0) is 15.7. The second kappa shape index (κ2) is 6.39. The molecule has 2 nitrogen and oxygen atoms in total. The second-order valence-corrected chi connectivity index (χ2v) is 6.99. The molecule has 1 aromatic rings. The molecule has 0 spiro atoms. The Hall–Kier alpha value is -1.38. The van der Waals surface area contributed by atoms with Crippen molar-refractivity contribution >= 4 is 5.97 Å². The van der Waals surface area contributed by atoms with Crippen LogP contribution >= 0.6 is 0 Å². The molecule has 0 saturated heterocycles. The Morgan fingerprint density at radius 1 is 1.23 bits per heavy atom. The smallest absolute Gasteiger partial charge is 0.314 e. The third-order valence-corrected chi connectivity index (χ3v) is 5.32. The molecule has 0 aromatic heterocycles. The predicted molar refractivity (Wildman–Crippen MR) is 84.5 cm³/mol. The summed E-state index contributed by atoms with van der Waals surface area (Å²) in [5.74, 6) is 0.488. The maximum Gasteiger partial charge on any atom is 0.314 e. The Morgan fingerprint density at radius 2 is 1.95 bits per heavy atom. The van der Waals surface area contributed by atoms with Crippen molar-refractivity contribution in [2.45, 2.75) is 64.7 Å². The van der Waals surface area contributed by atoms with Crippen molar-refractivity contribution < 1.29 is 13.9 Å². The molecule has 0 amide bonds. The van der Waals surface area contributed by atoms with Gasteiger partial charge >= 0.3 is 5.97 Å². The lowest BCUT2D eigenvalue weighted by molar-refractivity contribution is -0.139. The Labute approximate surface area is 132 Å². The van der Waals surface area contributed by atoms with E-state index >= 15 is 0 Å². The zero-order valence-corrected chi connectivity index (χ0v) is 13.5. The van der Waals surface area contributed by atoms with Crippen molar-refractivity contribution in [2.75, 3.05) is 0 Å². The van der Waals surface area contributed by atoms with Gasteiger partial charge < -0.3 is 4.74 Å². The number of hydrogen-bond acceptors (Lipinski definition) is 2. The molecule has 22 heavy (non-hydrogen) atoms. The third-order valence-electron chi connectivity index (χ3n) is 5.32. The van der Waals surface area contributed by atoms with Crippen LogP contribution in [0.2, 0.25) is 0 Å². The first-order valence-corrected chi connectivity index (χ1v) is 8.63. The maximum absolute atomic E-state index is 14.8.